The average molecular weight is 399 g/mol. The Kier molecular flexibility index (Phi) is 5.44. The Balaban J connectivity index is 1.56. The molecular formula is C25H25N3O2. The van der Waals surface area contributed by atoms with E-state index in [0.29, 0.717) is 13.1 Å². The van der Waals surface area contributed by atoms with E-state index in [4.69, 9.17) is 0 Å². The van der Waals surface area contributed by atoms with Gasteiger partial charge in [-0.3, -0.25) is 4.99 Å². The number of rotatable bonds is 5. The summed E-state index contributed by atoms with van der Waals surface area (Å²) in [6, 6.07) is 19.9. The van der Waals surface area contributed by atoms with E-state index < -0.39 is 0 Å². The van der Waals surface area contributed by atoms with Crippen LogP contribution in [0.25, 0.3) is 16.7 Å². The number of phenols is 2. The largest absolute Gasteiger partial charge is 0.504 e. The summed E-state index contributed by atoms with van der Waals surface area (Å²) in [5.41, 5.74) is 7.79. The Labute approximate surface area is 176 Å². The summed E-state index contributed by atoms with van der Waals surface area (Å²) in [4.78, 5) is 6.56. The summed E-state index contributed by atoms with van der Waals surface area (Å²) in [5.74, 6) is -0.229. The number of benzene rings is 3. The van der Waals surface area contributed by atoms with Crippen molar-refractivity contribution in [3.8, 4) is 22.6 Å². The standard InChI is InChI=1S/C25H25N3O2/c1-28(2)22-8-6-18(7-9-22)19-4-5-20-14-27-16-21(23(20)12-19)15-26-13-17-3-10-24(29)25(30)11-17/h3-12,15-16,26,29-30H,13-14H2,1-2H3. The van der Waals surface area contributed by atoms with Gasteiger partial charge in [0.2, 0.25) is 0 Å². The number of phenolic OH excluding ortho intramolecular Hbond substituents is 2. The Morgan fingerprint density at radius 2 is 1.70 bits per heavy atom. The van der Waals surface area contributed by atoms with Gasteiger partial charge in [0.25, 0.3) is 0 Å². The van der Waals surface area contributed by atoms with Crippen molar-refractivity contribution in [2.24, 2.45) is 4.99 Å². The monoisotopic (exact) mass is 399 g/mol. The second-order valence-corrected chi connectivity index (χ2v) is 7.59. The zero-order chi connectivity index (χ0) is 21.1. The molecule has 4 rings (SSSR count). The van der Waals surface area contributed by atoms with Gasteiger partial charge in [-0.2, -0.15) is 0 Å². The summed E-state index contributed by atoms with van der Waals surface area (Å²) in [6.45, 7) is 1.21. The molecule has 0 bridgehead atoms. The number of hydrogen-bond acceptors (Lipinski definition) is 5. The first kappa shape index (κ1) is 19.6. The van der Waals surface area contributed by atoms with Crippen LogP contribution in [0, 0.1) is 0 Å². The molecule has 0 atom stereocenters. The number of nitrogens with zero attached hydrogens (tertiary/aromatic N) is 2. The molecule has 1 heterocycles. The fraction of sp³-hybridized carbons (Fsp3) is 0.160. The third kappa shape index (κ3) is 4.15. The van der Waals surface area contributed by atoms with Crippen molar-refractivity contribution in [2.45, 2.75) is 13.1 Å². The van der Waals surface area contributed by atoms with Crippen molar-refractivity contribution in [3.05, 3.63) is 83.6 Å². The SMILES string of the molecule is CN(C)c1ccc(-c2ccc3c(c2)C(=CNCc2ccc(O)c(O)c2)C=NC3)cc1. The minimum atomic E-state index is -0.114. The molecule has 0 amide bonds. The Morgan fingerprint density at radius 1 is 0.933 bits per heavy atom. The number of nitrogens with one attached hydrogen (secondary N) is 1. The first-order valence-corrected chi connectivity index (χ1v) is 9.86. The molecule has 0 saturated carbocycles. The molecule has 1 aliphatic heterocycles. The van der Waals surface area contributed by atoms with Crippen molar-refractivity contribution in [1.82, 2.24) is 5.32 Å². The van der Waals surface area contributed by atoms with E-state index in [1.165, 1.54) is 34.0 Å². The summed E-state index contributed by atoms with van der Waals surface area (Å²) < 4.78 is 0. The fourth-order valence-corrected chi connectivity index (χ4v) is 3.50. The summed E-state index contributed by atoms with van der Waals surface area (Å²) in [7, 11) is 4.08. The first-order valence-electron chi connectivity index (χ1n) is 9.86. The maximum absolute atomic E-state index is 9.65. The molecule has 3 N–H and O–H groups in total. The molecule has 3 aromatic rings. The van der Waals surface area contributed by atoms with Crippen LogP contribution in [0.1, 0.15) is 16.7 Å². The van der Waals surface area contributed by atoms with Crippen LogP contribution >= 0.6 is 0 Å². The van der Waals surface area contributed by atoms with Crippen LogP contribution < -0.4 is 10.2 Å². The van der Waals surface area contributed by atoms with Crippen LogP contribution in [0.15, 0.2) is 71.9 Å². The number of aliphatic imine (C=N–C) groups is 1. The van der Waals surface area contributed by atoms with E-state index >= 15 is 0 Å². The third-order valence-corrected chi connectivity index (χ3v) is 5.23. The van der Waals surface area contributed by atoms with Crippen LogP contribution in [-0.4, -0.2) is 30.5 Å². The highest BCUT2D eigenvalue weighted by molar-refractivity contribution is 6.11. The van der Waals surface area contributed by atoms with E-state index in [1.807, 2.05) is 26.5 Å². The molecule has 3 aromatic carbocycles. The van der Waals surface area contributed by atoms with E-state index in [-0.39, 0.29) is 11.5 Å². The van der Waals surface area contributed by atoms with E-state index in [2.05, 4.69) is 57.7 Å². The number of aromatic hydroxyl groups is 2. The fourth-order valence-electron chi connectivity index (χ4n) is 3.50. The Morgan fingerprint density at radius 3 is 2.43 bits per heavy atom. The van der Waals surface area contributed by atoms with Crippen molar-refractivity contribution >= 4 is 17.5 Å². The van der Waals surface area contributed by atoms with Gasteiger partial charge in [-0.15, -0.1) is 0 Å². The lowest BCUT2D eigenvalue weighted by atomic mass is 9.93. The number of anilines is 1. The number of allylic oxidation sites excluding steroid dienone is 1. The molecule has 0 unspecified atom stereocenters. The molecule has 0 aromatic heterocycles. The lowest BCUT2D eigenvalue weighted by molar-refractivity contribution is 0.403. The summed E-state index contributed by atoms with van der Waals surface area (Å²) >= 11 is 0. The predicted octanol–water partition coefficient (Wildman–Crippen LogP) is 4.55. The van der Waals surface area contributed by atoms with Crippen LogP contribution in [0.3, 0.4) is 0 Å². The molecule has 0 fully saturated rings. The van der Waals surface area contributed by atoms with Gasteiger partial charge in [-0.05, 0) is 58.1 Å². The molecule has 0 radical (unpaired) electrons. The Hall–Kier alpha value is -3.73. The van der Waals surface area contributed by atoms with Gasteiger partial charge in [-0.25, -0.2) is 0 Å². The second-order valence-electron chi connectivity index (χ2n) is 7.59. The van der Waals surface area contributed by atoms with E-state index in [9.17, 15) is 10.2 Å². The van der Waals surface area contributed by atoms with Crippen LogP contribution in [-0.2, 0) is 13.1 Å². The van der Waals surface area contributed by atoms with Gasteiger partial charge in [0.1, 0.15) is 0 Å². The van der Waals surface area contributed by atoms with Gasteiger partial charge in [-0.1, -0.05) is 30.3 Å². The molecule has 5 nitrogen and oxygen atoms in total. The minimum absolute atomic E-state index is 0.114. The van der Waals surface area contributed by atoms with Gasteiger partial charge in [0.15, 0.2) is 11.5 Å². The van der Waals surface area contributed by atoms with Crippen molar-refractivity contribution in [1.29, 1.82) is 0 Å². The highest BCUT2D eigenvalue weighted by Crippen LogP contribution is 2.30. The van der Waals surface area contributed by atoms with Crippen LogP contribution in [0.4, 0.5) is 5.69 Å². The number of hydrogen-bond donors (Lipinski definition) is 3. The Bertz CT molecular complexity index is 1120. The van der Waals surface area contributed by atoms with E-state index in [1.54, 1.807) is 12.1 Å². The van der Waals surface area contributed by atoms with Crippen molar-refractivity contribution in [2.75, 3.05) is 19.0 Å². The van der Waals surface area contributed by atoms with Gasteiger partial charge >= 0.3 is 0 Å². The third-order valence-electron chi connectivity index (χ3n) is 5.23. The molecule has 0 aliphatic carbocycles. The predicted molar refractivity (Wildman–Crippen MR) is 123 cm³/mol. The molecule has 5 heteroatoms. The molecule has 152 valence electrons. The smallest absolute Gasteiger partial charge is 0.157 e. The lowest BCUT2D eigenvalue weighted by Gasteiger charge is -2.17. The highest BCUT2D eigenvalue weighted by Gasteiger charge is 2.12. The van der Waals surface area contributed by atoms with Gasteiger partial charge in [0.05, 0.1) is 6.54 Å². The highest BCUT2D eigenvalue weighted by atomic mass is 16.3. The molecular weight excluding hydrogens is 374 g/mol. The first-order chi connectivity index (χ1) is 14.5. The maximum Gasteiger partial charge on any atom is 0.157 e. The quantitative estimate of drug-likeness (QED) is 0.551. The summed E-state index contributed by atoms with van der Waals surface area (Å²) in [6.07, 6.45) is 3.84. The maximum atomic E-state index is 9.65. The van der Waals surface area contributed by atoms with Gasteiger partial charge in [0, 0.05) is 44.3 Å². The van der Waals surface area contributed by atoms with Crippen LogP contribution in [0.5, 0.6) is 11.5 Å². The summed E-state index contributed by atoms with van der Waals surface area (Å²) in [5, 5.41) is 22.4. The normalized spacial score (nSPS) is 13.9. The van der Waals surface area contributed by atoms with E-state index in [0.717, 1.165) is 11.1 Å². The topological polar surface area (TPSA) is 68.1 Å². The zero-order valence-electron chi connectivity index (χ0n) is 17.1. The van der Waals surface area contributed by atoms with Crippen molar-refractivity contribution in [3.63, 3.8) is 0 Å². The molecule has 1 aliphatic rings. The number of fused-ring (bicyclic) bond motifs is 1. The lowest BCUT2D eigenvalue weighted by Crippen LogP contribution is -2.09. The molecule has 0 spiro atoms. The molecule has 30 heavy (non-hydrogen) atoms. The second kappa shape index (κ2) is 8.33. The molecule has 0 saturated heterocycles. The average Bonchev–Trinajstić information content (AvgIpc) is 2.76. The van der Waals surface area contributed by atoms with Crippen molar-refractivity contribution < 1.29 is 10.2 Å². The van der Waals surface area contributed by atoms with Crippen LogP contribution in [0.2, 0.25) is 0 Å². The minimum Gasteiger partial charge on any atom is -0.504 e. The van der Waals surface area contributed by atoms with Gasteiger partial charge < -0.3 is 20.4 Å². The zero-order valence-corrected chi connectivity index (χ0v) is 17.1.